The molecule has 2 bridgehead atoms. The third-order valence-corrected chi connectivity index (χ3v) is 6.98. The number of nitrogens with one attached hydrogen (secondary N) is 1. The molecule has 3 aliphatic rings. The predicted octanol–water partition coefficient (Wildman–Crippen LogP) is 1.93. The van der Waals surface area contributed by atoms with E-state index >= 15 is 0 Å². The van der Waals surface area contributed by atoms with Crippen LogP contribution in [0.1, 0.15) is 19.3 Å². The number of rotatable bonds is 3. The molecule has 0 spiro atoms. The molecule has 2 unspecified atom stereocenters. The number of oxazole rings is 1. The highest BCUT2D eigenvalue weighted by molar-refractivity contribution is 7.89. The minimum absolute atomic E-state index is 0.0131. The number of fused-ring (bicyclic) bond motifs is 5. The number of hydrogen-bond acceptors (Lipinski definition) is 8. The van der Waals surface area contributed by atoms with Crippen LogP contribution < -0.4 is 15.4 Å². The molecule has 0 saturated carbocycles. The maximum atomic E-state index is 11.9. The fraction of sp³-hybridized carbons (Fsp3) is 0.412. The molecule has 8 nitrogen and oxygen atoms in total. The third kappa shape index (κ3) is 3.02. The van der Waals surface area contributed by atoms with Gasteiger partial charge in [0.15, 0.2) is 5.58 Å². The smallest absolute Gasteiger partial charge is 0.298 e. The van der Waals surface area contributed by atoms with Crippen LogP contribution in [0.2, 0.25) is 0 Å². The van der Waals surface area contributed by atoms with Gasteiger partial charge < -0.3 is 14.6 Å². The lowest BCUT2D eigenvalue weighted by molar-refractivity contribution is 0.399. The fourth-order valence-electron chi connectivity index (χ4n) is 3.95. The van der Waals surface area contributed by atoms with Crippen molar-refractivity contribution in [2.24, 2.45) is 5.14 Å². The van der Waals surface area contributed by atoms with Crippen LogP contribution in [0.15, 0.2) is 33.0 Å². The first-order valence-electron chi connectivity index (χ1n) is 8.86. The monoisotopic (exact) mass is 405 g/mol. The SMILES string of the molecule is NS(=O)(=O)c1cc(-c2nccs2)c2oc(N3CC4CCCC3CN4)nc2c1. The van der Waals surface area contributed by atoms with Crippen LogP contribution in [0.5, 0.6) is 0 Å². The van der Waals surface area contributed by atoms with E-state index in [0.717, 1.165) is 25.9 Å². The summed E-state index contributed by atoms with van der Waals surface area (Å²) in [7, 11) is -3.87. The fourth-order valence-corrected chi connectivity index (χ4v) is 5.16. The molecule has 3 aromatic rings. The molecule has 3 fully saturated rings. The summed E-state index contributed by atoms with van der Waals surface area (Å²) in [5, 5.41) is 11.4. The van der Waals surface area contributed by atoms with Gasteiger partial charge in [0, 0.05) is 36.8 Å². The Labute approximate surface area is 160 Å². The van der Waals surface area contributed by atoms with Crippen LogP contribution in [0.4, 0.5) is 6.01 Å². The van der Waals surface area contributed by atoms with Gasteiger partial charge in [-0.2, -0.15) is 4.98 Å². The highest BCUT2D eigenvalue weighted by Gasteiger charge is 2.34. The Morgan fingerprint density at radius 1 is 1.33 bits per heavy atom. The Morgan fingerprint density at radius 2 is 2.22 bits per heavy atom. The van der Waals surface area contributed by atoms with Gasteiger partial charge in [-0.15, -0.1) is 11.3 Å². The van der Waals surface area contributed by atoms with Gasteiger partial charge in [0.25, 0.3) is 6.01 Å². The highest BCUT2D eigenvalue weighted by Crippen LogP contribution is 2.36. The second-order valence-corrected chi connectivity index (χ2v) is 9.50. The van der Waals surface area contributed by atoms with E-state index < -0.39 is 10.0 Å². The van der Waals surface area contributed by atoms with Crippen LogP contribution >= 0.6 is 11.3 Å². The first-order chi connectivity index (χ1) is 13.0. The van der Waals surface area contributed by atoms with E-state index in [0.29, 0.717) is 39.8 Å². The minimum Gasteiger partial charge on any atom is -0.423 e. The van der Waals surface area contributed by atoms with Gasteiger partial charge >= 0.3 is 0 Å². The van der Waals surface area contributed by atoms with E-state index in [2.05, 4.69) is 20.2 Å². The molecule has 1 aromatic carbocycles. The van der Waals surface area contributed by atoms with Crippen molar-refractivity contribution in [1.82, 2.24) is 15.3 Å². The Kier molecular flexibility index (Phi) is 3.97. The Bertz CT molecular complexity index is 1090. The van der Waals surface area contributed by atoms with Gasteiger partial charge in [0.2, 0.25) is 10.0 Å². The van der Waals surface area contributed by atoms with E-state index in [-0.39, 0.29) is 4.90 Å². The summed E-state index contributed by atoms with van der Waals surface area (Å²) >= 11 is 1.41. The second-order valence-electron chi connectivity index (χ2n) is 7.04. The van der Waals surface area contributed by atoms with Crippen molar-refractivity contribution < 1.29 is 12.8 Å². The first kappa shape index (κ1) is 17.1. The number of nitrogens with two attached hydrogens (primary N) is 1. The van der Waals surface area contributed by atoms with Crippen LogP contribution in [-0.4, -0.2) is 43.6 Å². The molecule has 3 N–H and O–H groups in total. The number of aromatic nitrogens is 2. The van der Waals surface area contributed by atoms with Crippen molar-refractivity contribution in [3.8, 4) is 10.6 Å². The van der Waals surface area contributed by atoms with E-state index in [9.17, 15) is 8.42 Å². The molecule has 3 saturated heterocycles. The highest BCUT2D eigenvalue weighted by atomic mass is 32.2. The quantitative estimate of drug-likeness (QED) is 0.684. The van der Waals surface area contributed by atoms with Crippen LogP contribution in [0, 0.1) is 0 Å². The maximum absolute atomic E-state index is 11.9. The molecule has 10 heteroatoms. The molecule has 142 valence electrons. The molecule has 2 atom stereocenters. The standard InChI is InChI=1S/C17H19N5O3S2/c18-27(23,24)12-6-13(16-19-4-5-26-16)15-14(7-12)21-17(25-15)22-9-10-2-1-3-11(22)8-20-10/h4-7,10-11,20H,1-3,8-9H2,(H2,18,23,24). The Morgan fingerprint density at radius 3 is 3.00 bits per heavy atom. The molecular formula is C17H19N5O3S2. The van der Waals surface area contributed by atoms with Gasteiger partial charge in [-0.05, 0) is 31.4 Å². The largest absolute Gasteiger partial charge is 0.423 e. The van der Waals surface area contributed by atoms with Crippen LogP contribution in [0.3, 0.4) is 0 Å². The zero-order valence-electron chi connectivity index (χ0n) is 14.5. The molecule has 2 aromatic heterocycles. The van der Waals surface area contributed by atoms with Crippen molar-refractivity contribution in [1.29, 1.82) is 0 Å². The molecule has 6 rings (SSSR count). The van der Waals surface area contributed by atoms with Gasteiger partial charge in [0.1, 0.15) is 10.5 Å². The third-order valence-electron chi connectivity index (χ3n) is 5.28. The minimum atomic E-state index is -3.87. The Hall–Kier alpha value is -2.01. The lowest BCUT2D eigenvalue weighted by Gasteiger charge is -2.36. The Balaban J connectivity index is 1.67. The summed E-state index contributed by atoms with van der Waals surface area (Å²) in [6.07, 6.45) is 5.09. The van der Waals surface area contributed by atoms with Crippen molar-refractivity contribution in [3.63, 3.8) is 0 Å². The van der Waals surface area contributed by atoms with E-state index in [1.165, 1.54) is 29.9 Å². The molecule has 0 radical (unpaired) electrons. The van der Waals surface area contributed by atoms with Gasteiger partial charge in [0.05, 0.1) is 10.5 Å². The number of anilines is 1. The van der Waals surface area contributed by atoms with E-state index in [1.54, 1.807) is 6.20 Å². The lowest BCUT2D eigenvalue weighted by Crippen LogP contribution is -2.54. The average Bonchev–Trinajstić information content (AvgIpc) is 3.21. The predicted molar refractivity (Wildman–Crippen MR) is 103 cm³/mol. The number of piperazine rings is 1. The summed E-state index contributed by atoms with van der Waals surface area (Å²) in [5.74, 6) is 0. The summed E-state index contributed by atoms with van der Waals surface area (Å²) in [6.45, 7) is 1.75. The van der Waals surface area contributed by atoms with Gasteiger partial charge in [-0.3, -0.25) is 0 Å². The number of sulfonamides is 1. The topological polar surface area (TPSA) is 114 Å². The number of nitrogens with zero attached hydrogens (tertiary/aromatic N) is 3. The number of primary sulfonamides is 1. The molecule has 3 aliphatic heterocycles. The van der Waals surface area contributed by atoms with Crippen molar-refractivity contribution in [2.45, 2.75) is 36.2 Å². The summed E-state index contributed by atoms with van der Waals surface area (Å²) in [4.78, 5) is 11.2. The van der Waals surface area contributed by atoms with E-state index in [4.69, 9.17) is 9.56 Å². The zero-order chi connectivity index (χ0) is 18.6. The van der Waals surface area contributed by atoms with Crippen molar-refractivity contribution in [2.75, 3.05) is 18.0 Å². The molecule has 0 amide bonds. The molecule has 0 aliphatic carbocycles. The van der Waals surface area contributed by atoms with Crippen molar-refractivity contribution >= 4 is 38.5 Å². The first-order valence-corrected chi connectivity index (χ1v) is 11.3. The van der Waals surface area contributed by atoms with Gasteiger partial charge in [-0.1, -0.05) is 0 Å². The average molecular weight is 406 g/mol. The van der Waals surface area contributed by atoms with Gasteiger partial charge in [-0.25, -0.2) is 18.5 Å². The summed E-state index contributed by atoms with van der Waals surface area (Å²) < 4.78 is 30.0. The summed E-state index contributed by atoms with van der Waals surface area (Å²) in [6, 6.07) is 4.29. The molecule has 5 heterocycles. The zero-order valence-corrected chi connectivity index (χ0v) is 16.1. The number of benzene rings is 1. The van der Waals surface area contributed by atoms with Crippen molar-refractivity contribution in [3.05, 3.63) is 23.7 Å². The normalized spacial score (nSPS) is 23.1. The van der Waals surface area contributed by atoms with Crippen LogP contribution in [0.25, 0.3) is 21.7 Å². The van der Waals surface area contributed by atoms with E-state index in [1.807, 2.05) is 5.38 Å². The molecule has 27 heavy (non-hydrogen) atoms. The lowest BCUT2D eigenvalue weighted by atomic mass is 10.1. The number of thiazole rings is 1. The number of hydrogen-bond donors (Lipinski definition) is 2. The summed E-state index contributed by atoms with van der Waals surface area (Å²) in [5.41, 5.74) is 1.62. The second kappa shape index (κ2) is 6.26. The molecular weight excluding hydrogens is 386 g/mol. The maximum Gasteiger partial charge on any atom is 0.298 e. The van der Waals surface area contributed by atoms with Crippen LogP contribution in [-0.2, 0) is 10.0 Å².